The van der Waals surface area contributed by atoms with Gasteiger partial charge in [-0.3, -0.25) is 0 Å². The van der Waals surface area contributed by atoms with E-state index in [0.29, 0.717) is 33.9 Å². The van der Waals surface area contributed by atoms with Crippen LogP contribution in [0.5, 0.6) is 0 Å². The van der Waals surface area contributed by atoms with Gasteiger partial charge in [0.05, 0.1) is 5.75 Å². The molecule has 1 aromatic heterocycles. The summed E-state index contributed by atoms with van der Waals surface area (Å²) >= 11 is 7.50. The zero-order chi connectivity index (χ0) is 20.8. The van der Waals surface area contributed by atoms with Crippen LogP contribution < -0.4 is 10.6 Å². The Morgan fingerprint density at radius 1 is 0.900 bits per heavy atom. The molecule has 0 saturated heterocycles. The number of benzene rings is 3. The number of anilines is 2. The van der Waals surface area contributed by atoms with E-state index < -0.39 is 0 Å². The predicted octanol–water partition coefficient (Wildman–Crippen LogP) is 6.33. The topological polar surface area (TPSA) is 80.1 Å². The van der Waals surface area contributed by atoms with Gasteiger partial charge in [-0.25, -0.2) is 4.79 Å². The van der Waals surface area contributed by atoms with Crippen molar-refractivity contribution in [3.63, 3.8) is 0 Å². The van der Waals surface area contributed by atoms with E-state index in [1.165, 1.54) is 0 Å². The lowest BCUT2D eigenvalue weighted by molar-refractivity contribution is 0.262. The van der Waals surface area contributed by atoms with Gasteiger partial charge in [0, 0.05) is 26.9 Å². The van der Waals surface area contributed by atoms with Crippen molar-refractivity contribution in [2.24, 2.45) is 0 Å². The van der Waals surface area contributed by atoms with Crippen molar-refractivity contribution in [1.29, 1.82) is 0 Å². The van der Waals surface area contributed by atoms with E-state index in [9.17, 15) is 4.79 Å². The number of nitrogens with one attached hydrogen (secondary N) is 2. The molecule has 0 spiro atoms. The summed E-state index contributed by atoms with van der Waals surface area (Å²) in [5.41, 5.74) is 2.21. The minimum Gasteiger partial charge on any atom is -0.420 e. The van der Waals surface area contributed by atoms with Gasteiger partial charge in [-0.05, 0) is 54.6 Å². The summed E-state index contributed by atoms with van der Waals surface area (Å²) in [6.07, 6.45) is 0. The average Bonchev–Trinajstić information content (AvgIpc) is 3.23. The van der Waals surface area contributed by atoms with E-state index >= 15 is 0 Å². The molecule has 0 aliphatic heterocycles. The van der Waals surface area contributed by atoms with Crippen molar-refractivity contribution in [3.8, 4) is 11.5 Å². The van der Waals surface area contributed by atoms with Crippen molar-refractivity contribution in [2.45, 2.75) is 10.6 Å². The zero-order valence-electron chi connectivity index (χ0n) is 15.7. The van der Waals surface area contributed by atoms with E-state index in [4.69, 9.17) is 16.0 Å². The maximum absolute atomic E-state index is 12.1. The fourth-order valence-electron chi connectivity index (χ4n) is 2.65. The fourth-order valence-corrected chi connectivity index (χ4v) is 3.57. The van der Waals surface area contributed by atoms with Crippen LogP contribution in [0.3, 0.4) is 0 Å². The van der Waals surface area contributed by atoms with Crippen molar-refractivity contribution < 1.29 is 9.21 Å². The number of hydrogen-bond donors (Lipinski definition) is 2. The maximum atomic E-state index is 12.1. The minimum atomic E-state index is -0.336. The van der Waals surface area contributed by atoms with Gasteiger partial charge in [0.25, 0.3) is 0 Å². The first-order valence-corrected chi connectivity index (χ1v) is 10.5. The first-order chi connectivity index (χ1) is 14.7. The fraction of sp³-hybridized carbons (Fsp3) is 0.0455. The molecule has 1 heterocycles. The van der Waals surface area contributed by atoms with Gasteiger partial charge in [-0.2, -0.15) is 0 Å². The number of carbonyl (C=O) groups is 1. The summed E-state index contributed by atoms with van der Waals surface area (Å²) in [6, 6.07) is 23.8. The molecule has 0 atom stereocenters. The van der Waals surface area contributed by atoms with E-state index in [1.54, 1.807) is 36.0 Å². The normalized spacial score (nSPS) is 10.6. The highest BCUT2D eigenvalue weighted by Crippen LogP contribution is 2.25. The summed E-state index contributed by atoms with van der Waals surface area (Å²) in [5, 5.41) is 14.3. The third-order valence-electron chi connectivity index (χ3n) is 4.04. The minimum absolute atomic E-state index is 0.336. The number of halogens is 1. The Kier molecular flexibility index (Phi) is 6.32. The first-order valence-electron chi connectivity index (χ1n) is 9.10. The molecule has 0 saturated carbocycles. The predicted molar refractivity (Wildman–Crippen MR) is 120 cm³/mol. The monoisotopic (exact) mass is 436 g/mol. The Bertz CT molecular complexity index is 1130. The lowest BCUT2D eigenvalue weighted by Gasteiger charge is -2.08. The Balaban J connectivity index is 1.30. The molecule has 0 unspecified atom stereocenters. The van der Waals surface area contributed by atoms with Crippen LogP contribution >= 0.6 is 23.4 Å². The third-order valence-corrected chi connectivity index (χ3v) is 5.28. The van der Waals surface area contributed by atoms with Gasteiger partial charge in [-0.15, -0.1) is 22.0 Å². The second-order valence-corrected chi connectivity index (χ2v) is 7.75. The van der Waals surface area contributed by atoms with Crippen LogP contribution in [0.25, 0.3) is 11.5 Å². The molecular formula is C22H17ClN4O2S. The smallest absolute Gasteiger partial charge is 0.323 e. The Morgan fingerprint density at radius 3 is 2.43 bits per heavy atom. The molecule has 2 amide bonds. The molecule has 6 nitrogen and oxygen atoms in total. The molecule has 0 radical (unpaired) electrons. The van der Waals surface area contributed by atoms with Crippen LogP contribution in [0.15, 0.2) is 88.2 Å². The molecule has 0 bridgehead atoms. The van der Waals surface area contributed by atoms with Crippen molar-refractivity contribution in [1.82, 2.24) is 10.2 Å². The standard InChI is InChI=1S/C22H17ClN4O2S/c23-16-7-4-8-18(13-16)25-22(28)24-17-9-11-19(12-10-17)30-14-20-26-27-21(29-20)15-5-2-1-3-6-15/h1-13H,14H2,(H2,24,25,28). The number of nitrogens with zero attached hydrogens (tertiary/aromatic N) is 2. The highest BCUT2D eigenvalue weighted by Gasteiger charge is 2.09. The summed E-state index contributed by atoms with van der Waals surface area (Å²) < 4.78 is 5.72. The van der Waals surface area contributed by atoms with Crippen LogP contribution in [-0.2, 0) is 5.75 Å². The number of aromatic nitrogens is 2. The van der Waals surface area contributed by atoms with Gasteiger partial charge in [0.2, 0.25) is 11.8 Å². The Morgan fingerprint density at radius 2 is 1.67 bits per heavy atom. The molecule has 150 valence electrons. The van der Waals surface area contributed by atoms with Crippen LogP contribution in [0.2, 0.25) is 5.02 Å². The second kappa shape index (κ2) is 9.47. The second-order valence-electron chi connectivity index (χ2n) is 6.27. The first kappa shape index (κ1) is 20.0. The molecule has 8 heteroatoms. The molecular weight excluding hydrogens is 420 g/mol. The van der Waals surface area contributed by atoms with Crippen LogP contribution in [0, 0.1) is 0 Å². The average molecular weight is 437 g/mol. The summed E-state index contributed by atoms with van der Waals surface area (Å²) in [6.45, 7) is 0. The summed E-state index contributed by atoms with van der Waals surface area (Å²) in [7, 11) is 0. The van der Waals surface area contributed by atoms with E-state index in [1.807, 2.05) is 54.6 Å². The highest BCUT2D eigenvalue weighted by molar-refractivity contribution is 7.98. The van der Waals surface area contributed by atoms with Crippen LogP contribution in [0.1, 0.15) is 5.89 Å². The SMILES string of the molecule is O=C(Nc1ccc(SCc2nnc(-c3ccccc3)o2)cc1)Nc1cccc(Cl)c1. The Labute approximate surface area is 182 Å². The number of rotatable bonds is 6. The molecule has 2 N–H and O–H groups in total. The molecule has 0 aliphatic rings. The highest BCUT2D eigenvalue weighted by atomic mass is 35.5. The molecule has 4 aromatic rings. The molecule has 0 fully saturated rings. The Hall–Kier alpha value is -3.29. The van der Waals surface area contributed by atoms with Gasteiger partial charge in [0.15, 0.2) is 0 Å². The lowest BCUT2D eigenvalue weighted by Crippen LogP contribution is -2.19. The maximum Gasteiger partial charge on any atom is 0.323 e. The van der Waals surface area contributed by atoms with E-state index in [-0.39, 0.29) is 6.03 Å². The zero-order valence-corrected chi connectivity index (χ0v) is 17.3. The van der Waals surface area contributed by atoms with Gasteiger partial charge >= 0.3 is 6.03 Å². The van der Waals surface area contributed by atoms with E-state index in [0.717, 1.165) is 10.5 Å². The van der Waals surface area contributed by atoms with Crippen LogP contribution in [-0.4, -0.2) is 16.2 Å². The van der Waals surface area contributed by atoms with Crippen molar-refractivity contribution in [3.05, 3.63) is 89.8 Å². The van der Waals surface area contributed by atoms with Gasteiger partial charge in [0.1, 0.15) is 0 Å². The summed E-state index contributed by atoms with van der Waals surface area (Å²) in [4.78, 5) is 13.1. The molecule has 4 rings (SSSR count). The van der Waals surface area contributed by atoms with Gasteiger partial charge < -0.3 is 15.1 Å². The van der Waals surface area contributed by atoms with E-state index in [2.05, 4.69) is 20.8 Å². The number of carbonyl (C=O) groups excluding carboxylic acids is 1. The molecule has 3 aromatic carbocycles. The lowest BCUT2D eigenvalue weighted by atomic mass is 10.2. The summed E-state index contributed by atoms with van der Waals surface area (Å²) in [5.74, 6) is 1.63. The number of amides is 2. The number of urea groups is 1. The largest absolute Gasteiger partial charge is 0.420 e. The quantitative estimate of drug-likeness (QED) is 0.345. The van der Waals surface area contributed by atoms with Crippen LogP contribution in [0.4, 0.5) is 16.2 Å². The third kappa shape index (κ3) is 5.40. The molecule has 0 aliphatic carbocycles. The van der Waals surface area contributed by atoms with Gasteiger partial charge in [-0.1, -0.05) is 35.9 Å². The molecule has 30 heavy (non-hydrogen) atoms. The number of thioether (sulfide) groups is 1. The van der Waals surface area contributed by atoms with Crippen molar-refractivity contribution >= 4 is 40.8 Å². The number of hydrogen-bond acceptors (Lipinski definition) is 5. The van der Waals surface area contributed by atoms with Crippen molar-refractivity contribution in [2.75, 3.05) is 10.6 Å².